The molecule has 0 aromatic rings. The van der Waals surface area contributed by atoms with E-state index in [1.165, 1.54) is 6.92 Å². The molecule has 1 rings (SSSR count). The molecule has 0 aliphatic heterocycles. The largest absolute Gasteiger partial charge is 0.466 e. The van der Waals surface area contributed by atoms with Crippen LogP contribution >= 0.6 is 0 Å². The lowest BCUT2D eigenvalue weighted by atomic mass is 9.83. The molecular weight excluding hydrogens is 132 g/mol. The Morgan fingerprint density at radius 2 is 2.30 bits per heavy atom. The quantitative estimate of drug-likeness (QED) is 0.568. The van der Waals surface area contributed by atoms with Crippen LogP contribution in [0.4, 0.5) is 0 Å². The van der Waals surface area contributed by atoms with E-state index in [2.05, 4.69) is 0 Å². The van der Waals surface area contributed by atoms with Crippen LogP contribution in [0.25, 0.3) is 0 Å². The maximum atomic E-state index is 10.3. The number of aliphatic hydroxyl groups is 1. The third-order valence-electron chi connectivity index (χ3n) is 1.73. The first-order chi connectivity index (χ1) is 4.68. The van der Waals surface area contributed by atoms with Crippen molar-refractivity contribution in [1.29, 1.82) is 0 Å². The minimum atomic E-state index is -0.235. The highest BCUT2D eigenvalue weighted by Gasteiger charge is 2.27. The van der Waals surface area contributed by atoms with E-state index in [9.17, 15) is 4.79 Å². The van der Waals surface area contributed by atoms with Crippen molar-refractivity contribution in [3.05, 3.63) is 0 Å². The van der Waals surface area contributed by atoms with E-state index in [0.29, 0.717) is 12.5 Å². The van der Waals surface area contributed by atoms with Crippen molar-refractivity contribution in [2.24, 2.45) is 5.92 Å². The summed E-state index contributed by atoms with van der Waals surface area (Å²) in [6, 6.07) is 0. The maximum absolute atomic E-state index is 10.3. The zero-order chi connectivity index (χ0) is 7.56. The average Bonchev–Trinajstić information content (AvgIpc) is 1.77. The summed E-state index contributed by atoms with van der Waals surface area (Å²) in [5.41, 5.74) is 0. The number of carbonyl (C=O) groups excluding carboxylic acids is 1. The molecule has 0 aromatic heterocycles. The smallest absolute Gasteiger partial charge is 0.302 e. The summed E-state index contributed by atoms with van der Waals surface area (Å²) in [7, 11) is 0. The second kappa shape index (κ2) is 3.01. The lowest BCUT2D eigenvalue weighted by Gasteiger charge is -2.30. The van der Waals surface area contributed by atoms with Crippen LogP contribution in [0.15, 0.2) is 0 Å². The van der Waals surface area contributed by atoms with Crippen LogP contribution in [0, 0.1) is 5.92 Å². The number of hydrogen-bond acceptors (Lipinski definition) is 3. The van der Waals surface area contributed by atoms with Gasteiger partial charge >= 0.3 is 5.97 Å². The van der Waals surface area contributed by atoms with Crippen LogP contribution in [-0.4, -0.2) is 23.8 Å². The molecule has 0 amide bonds. The van der Waals surface area contributed by atoms with Gasteiger partial charge in [-0.15, -0.1) is 0 Å². The third kappa shape index (κ3) is 1.99. The summed E-state index contributed by atoms with van der Waals surface area (Å²) >= 11 is 0. The summed E-state index contributed by atoms with van der Waals surface area (Å²) in [6.07, 6.45) is 1.42. The van der Waals surface area contributed by atoms with Gasteiger partial charge in [0.05, 0.1) is 12.7 Å². The summed E-state index contributed by atoms with van der Waals surface area (Å²) in [4.78, 5) is 10.3. The normalized spacial score (nSPS) is 31.0. The van der Waals surface area contributed by atoms with Crippen LogP contribution in [-0.2, 0) is 9.53 Å². The Bertz CT molecular complexity index is 127. The Hall–Kier alpha value is -0.570. The zero-order valence-electron chi connectivity index (χ0n) is 6.04. The van der Waals surface area contributed by atoms with Crippen LogP contribution in [0.1, 0.15) is 19.8 Å². The van der Waals surface area contributed by atoms with E-state index in [1.807, 2.05) is 0 Å². The lowest BCUT2D eigenvalue weighted by molar-refractivity contribution is -0.144. The summed E-state index contributed by atoms with van der Waals surface area (Å²) < 4.78 is 4.74. The highest BCUT2D eigenvalue weighted by atomic mass is 16.5. The van der Waals surface area contributed by atoms with Gasteiger partial charge in [0, 0.05) is 6.92 Å². The van der Waals surface area contributed by atoms with Gasteiger partial charge in [0.1, 0.15) is 0 Å². The molecule has 0 heterocycles. The molecule has 1 aliphatic rings. The van der Waals surface area contributed by atoms with Gasteiger partial charge in [-0.3, -0.25) is 4.79 Å². The molecule has 58 valence electrons. The van der Waals surface area contributed by atoms with Gasteiger partial charge in [-0.1, -0.05) is 0 Å². The first kappa shape index (κ1) is 7.54. The number of aliphatic hydroxyl groups excluding tert-OH is 1. The van der Waals surface area contributed by atoms with E-state index < -0.39 is 0 Å². The monoisotopic (exact) mass is 144 g/mol. The van der Waals surface area contributed by atoms with E-state index in [-0.39, 0.29) is 12.1 Å². The van der Waals surface area contributed by atoms with Gasteiger partial charge in [-0.05, 0) is 18.8 Å². The van der Waals surface area contributed by atoms with Gasteiger partial charge < -0.3 is 9.84 Å². The SMILES string of the molecule is CC(=O)OCC1CC(O)C1. The zero-order valence-corrected chi connectivity index (χ0v) is 6.04. The van der Waals surface area contributed by atoms with E-state index in [0.717, 1.165) is 12.8 Å². The van der Waals surface area contributed by atoms with Crippen molar-refractivity contribution in [2.45, 2.75) is 25.9 Å². The van der Waals surface area contributed by atoms with Gasteiger partial charge in [-0.25, -0.2) is 0 Å². The molecule has 1 fully saturated rings. The standard InChI is InChI=1S/C7H12O3/c1-5(8)10-4-6-2-7(9)3-6/h6-7,9H,2-4H2,1H3. The Balaban J connectivity index is 2.00. The first-order valence-corrected chi connectivity index (χ1v) is 3.50. The summed E-state index contributed by atoms with van der Waals surface area (Å²) in [6.45, 7) is 1.88. The van der Waals surface area contributed by atoms with Crippen molar-refractivity contribution < 1.29 is 14.6 Å². The number of hydrogen-bond donors (Lipinski definition) is 1. The van der Waals surface area contributed by atoms with Crippen LogP contribution in [0.2, 0.25) is 0 Å². The van der Waals surface area contributed by atoms with Gasteiger partial charge in [-0.2, -0.15) is 0 Å². The fourth-order valence-corrected chi connectivity index (χ4v) is 1.07. The second-order valence-corrected chi connectivity index (χ2v) is 2.79. The summed E-state index contributed by atoms with van der Waals surface area (Å²) in [5, 5.41) is 8.84. The highest BCUT2D eigenvalue weighted by Crippen LogP contribution is 2.26. The molecule has 0 bridgehead atoms. The summed E-state index contributed by atoms with van der Waals surface area (Å²) in [5.74, 6) is 0.167. The Morgan fingerprint density at radius 1 is 1.70 bits per heavy atom. The molecule has 10 heavy (non-hydrogen) atoms. The predicted molar refractivity (Wildman–Crippen MR) is 35.4 cm³/mol. The van der Waals surface area contributed by atoms with Crippen molar-refractivity contribution in [3.8, 4) is 0 Å². The molecular formula is C7H12O3. The minimum absolute atomic E-state index is 0.152. The third-order valence-corrected chi connectivity index (χ3v) is 1.73. The van der Waals surface area contributed by atoms with Crippen molar-refractivity contribution in [1.82, 2.24) is 0 Å². The van der Waals surface area contributed by atoms with Crippen LogP contribution in [0.5, 0.6) is 0 Å². The molecule has 3 heteroatoms. The number of carbonyl (C=O) groups is 1. The molecule has 1 aliphatic carbocycles. The molecule has 1 N–H and O–H groups in total. The first-order valence-electron chi connectivity index (χ1n) is 3.50. The predicted octanol–water partition coefficient (Wildman–Crippen LogP) is 0.320. The molecule has 0 radical (unpaired) electrons. The topological polar surface area (TPSA) is 46.5 Å². The molecule has 3 nitrogen and oxygen atoms in total. The fourth-order valence-electron chi connectivity index (χ4n) is 1.07. The van der Waals surface area contributed by atoms with E-state index in [4.69, 9.17) is 9.84 Å². The Labute approximate surface area is 60.0 Å². The molecule has 0 unspecified atom stereocenters. The molecule has 0 aromatic carbocycles. The lowest BCUT2D eigenvalue weighted by Crippen LogP contribution is -2.32. The number of ether oxygens (including phenoxy) is 1. The van der Waals surface area contributed by atoms with E-state index in [1.54, 1.807) is 0 Å². The molecule has 0 saturated heterocycles. The van der Waals surface area contributed by atoms with Crippen molar-refractivity contribution >= 4 is 5.97 Å². The van der Waals surface area contributed by atoms with E-state index >= 15 is 0 Å². The molecule has 1 saturated carbocycles. The second-order valence-electron chi connectivity index (χ2n) is 2.79. The molecule has 0 spiro atoms. The Morgan fingerprint density at radius 3 is 2.70 bits per heavy atom. The van der Waals surface area contributed by atoms with Gasteiger partial charge in [0.2, 0.25) is 0 Å². The molecule has 0 atom stereocenters. The highest BCUT2D eigenvalue weighted by molar-refractivity contribution is 5.65. The van der Waals surface area contributed by atoms with Crippen molar-refractivity contribution in [3.63, 3.8) is 0 Å². The average molecular weight is 144 g/mol. The Kier molecular flexibility index (Phi) is 2.27. The van der Waals surface area contributed by atoms with Crippen LogP contribution < -0.4 is 0 Å². The fraction of sp³-hybridized carbons (Fsp3) is 0.857. The van der Waals surface area contributed by atoms with Crippen LogP contribution in [0.3, 0.4) is 0 Å². The van der Waals surface area contributed by atoms with Gasteiger partial charge in [0.15, 0.2) is 0 Å². The van der Waals surface area contributed by atoms with Gasteiger partial charge in [0.25, 0.3) is 0 Å². The number of esters is 1. The number of rotatable bonds is 2. The maximum Gasteiger partial charge on any atom is 0.302 e. The minimum Gasteiger partial charge on any atom is -0.466 e. The van der Waals surface area contributed by atoms with Crippen molar-refractivity contribution in [2.75, 3.05) is 6.61 Å².